The summed E-state index contributed by atoms with van der Waals surface area (Å²) in [5.74, 6) is -0.220. The third-order valence-electron chi connectivity index (χ3n) is 3.04. The first kappa shape index (κ1) is 12.9. The van der Waals surface area contributed by atoms with Crippen LogP contribution in [0.2, 0.25) is 0 Å². The molecule has 1 nitrogen and oxygen atoms in total. The Kier molecular flexibility index (Phi) is 3.46. The van der Waals surface area contributed by atoms with Crippen molar-refractivity contribution in [3.8, 4) is 0 Å². The predicted molar refractivity (Wildman–Crippen MR) is 82.8 cm³/mol. The van der Waals surface area contributed by atoms with Crippen molar-refractivity contribution in [1.82, 2.24) is 4.57 Å². The maximum absolute atomic E-state index is 13.4. The molecule has 4 heteroatoms. The Bertz CT molecular complexity index is 729. The minimum Gasteiger partial charge on any atom is -0.343 e. The lowest BCUT2D eigenvalue weighted by molar-refractivity contribution is 0.623. The fourth-order valence-corrected chi connectivity index (χ4v) is 3.22. The van der Waals surface area contributed by atoms with Crippen LogP contribution in [0.4, 0.5) is 4.39 Å². The molecule has 0 amide bonds. The van der Waals surface area contributed by atoms with Crippen molar-refractivity contribution in [3.05, 3.63) is 69.0 Å². The van der Waals surface area contributed by atoms with Gasteiger partial charge in [-0.2, -0.15) is 0 Å². The van der Waals surface area contributed by atoms with E-state index in [1.54, 1.807) is 6.07 Å². The highest BCUT2D eigenvalue weighted by atomic mass is 79.9. The van der Waals surface area contributed by atoms with Crippen molar-refractivity contribution in [2.75, 3.05) is 0 Å². The summed E-state index contributed by atoms with van der Waals surface area (Å²) in [6.07, 6.45) is 2.02. The van der Waals surface area contributed by atoms with Crippen LogP contribution in [0.3, 0.4) is 0 Å². The fourth-order valence-electron chi connectivity index (χ4n) is 2.22. The van der Waals surface area contributed by atoms with E-state index < -0.39 is 0 Å². The van der Waals surface area contributed by atoms with Crippen LogP contribution >= 0.6 is 31.9 Å². The third kappa shape index (κ3) is 2.60. The molecule has 0 atom stereocenters. The van der Waals surface area contributed by atoms with Gasteiger partial charge < -0.3 is 4.57 Å². The lowest BCUT2D eigenvalue weighted by Crippen LogP contribution is -1.98. The van der Waals surface area contributed by atoms with Gasteiger partial charge in [-0.3, -0.25) is 0 Å². The summed E-state index contributed by atoms with van der Waals surface area (Å²) in [6, 6.07) is 13.1. The van der Waals surface area contributed by atoms with Gasteiger partial charge in [0, 0.05) is 32.6 Å². The van der Waals surface area contributed by atoms with Gasteiger partial charge in [0.05, 0.1) is 0 Å². The largest absolute Gasteiger partial charge is 0.343 e. The zero-order valence-corrected chi connectivity index (χ0v) is 13.1. The summed E-state index contributed by atoms with van der Waals surface area (Å²) in [7, 11) is 0. The highest BCUT2D eigenvalue weighted by Crippen LogP contribution is 2.25. The second-order valence-electron chi connectivity index (χ2n) is 4.39. The number of hydrogen-bond acceptors (Lipinski definition) is 0. The lowest BCUT2D eigenvalue weighted by Gasteiger charge is -2.07. The van der Waals surface area contributed by atoms with E-state index in [1.165, 1.54) is 6.07 Å². The van der Waals surface area contributed by atoms with Crippen LogP contribution in [0.5, 0.6) is 0 Å². The van der Waals surface area contributed by atoms with E-state index in [2.05, 4.69) is 48.6 Å². The summed E-state index contributed by atoms with van der Waals surface area (Å²) < 4.78 is 17.3. The van der Waals surface area contributed by atoms with Crippen LogP contribution in [-0.4, -0.2) is 4.57 Å². The number of nitrogens with zero attached hydrogens (tertiary/aromatic N) is 1. The highest BCUT2D eigenvalue weighted by Gasteiger charge is 2.05. The molecule has 0 N–H and O–H groups in total. The predicted octanol–water partition coefficient (Wildman–Crippen LogP) is 5.35. The lowest BCUT2D eigenvalue weighted by atomic mass is 10.2. The maximum atomic E-state index is 13.4. The molecule has 0 saturated carbocycles. The summed E-state index contributed by atoms with van der Waals surface area (Å²) in [5.41, 5.74) is 2.07. The average molecular weight is 383 g/mol. The number of hydrogen-bond donors (Lipinski definition) is 0. The Morgan fingerprint density at radius 3 is 2.68 bits per heavy atom. The van der Waals surface area contributed by atoms with Crippen LogP contribution in [0, 0.1) is 5.82 Å². The summed E-state index contributed by atoms with van der Waals surface area (Å²) >= 11 is 6.86. The zero-order chi connectivity index (χ0) is 13.4. The monoisotopic (exact) mass is 381 g/mol. The molecule has 1 heterocycles. The number of fused-ring (bicyclic) bond motifs is 1. The zero-order valence-electron chi connectivity index (χ0n) is 9.91. The second kappa shape index (κ2) is 5.10. The molecule has 0 spiro atoms. The normalized spacial score (nSPS) is 11.1. The van der Waals surface area contributed by atoms with Crippen molar-refractivity contribution in [1.29, 1.82) is 0 Å². The topological polar surface area (TPSA) is 4.93 Å². The summed E-state index contributed by atoms with van der Waals surface area (Å²) in [5, 5.41) is 1.16. The van der Waals surface area contributed by atoms with E-state index in [0.717, 1.165) is 25.4 Å². The van der Waals surface area contributed by atoms with Crippen molar-refractivity contribution in [2.24, 2.45) is 0 Å². The Labute approximate surface area is 127 Å². The molecule has 0 aliphatic rings. The Morgan fingerprint density at radius 2 is 1.89 bits per heavy atom. The van der Waals surface area contributed by atoms with E-state index >= 15 is 0 Å². The molecule has 19 heavy (non-hydrogen) atoms. The number of halogens is 3. The van der Waals surface area contributed by atoms with E-state index in [-0.39, 0.29) is 5.82 Å². The highest BCUT2D eigenvalue weighted by molar-refractivity contribution is 9.11. The standard InChI is InChI=1S/C15H10Br2FN/c16-11-6-10(7-12(18)8-11)9-19-5-4-13-14(17)2-1-3-15(13)19/h1-8H,9H2. The third-order valence-corrected chi connectivity index (χ3v) is 4.19. The van der Waals surface area contributed by atoms with Gasteiger partial charge in [-0.15, -0.1) is 0 Å². The van der Waals surface area contributed by atoms with Crippen LogP contribution in [-0.2, 0) is 6.54 Å². The van der Waals surface area contributed by atoms with Crippen LogP contribution in [0.1, 0.15) is 5.56 Å². The number of benzene rings is 2. The van der Waals surface area contributed by atoms with E-state index in [1.807, 2.05) is 24.4 Å². The SMILES string of the molecule is Fc1cc(Br)cc(Cn2ccc3c(Br)cccc32)c1. The van der Waals surface area contributed by atoms with Crippen LogP contribution < -0.4 is 0 Å². The van der Waals surface area contributed by atoms with Gasteiger partial charge in [0.15, 0.2) is 0 Å². The molecular weight excluding hydrogens is 373 g/mol. The van der Waals surface area contributed by atoms with Gasteiger partial charge in [0.2, 0.25) is 0 Å². The molecule has 3 aromatic rings. The van der Waals surface area contributed by atoms with Gasteiger partial charge in [0.1, 0.15) is 5.82 Å². The van der Waals surface area contributed by atoms with Gasteiger partial charge in [-0.1, -0.05) is 37.9 Å². The summed E-state index contributed by atoms with van der Waals surface area (Å²) in [4.78, 5) is 0. The molecule has 96 valence electrons. The van der Waals surface area contributed by atoms with Gasteiger partial charge in [0.25, 0.3) is 0 Å². The Balaban J connectivity index is 2.04. The molecule has 1 aromatic heterocycles. The first-order valence-corrected chi connectivity index (χ1v) is 7.40. The minimum atomic E-state index is -0.220. The quantitative estimate of drug-likeness (QED) is 0.562. The Hall–Kier alpha value is -1.13. The first-order valence-electron chi connectivity index (χ1n) is 5.82. The van der Waals surface area contributed by atoms with E-state index in [9.17, 15) is 4.39 Å². The average Bonchev–Trinajstić information content (AvgIpc) is 2.73. The van der Waals surface area contributed by atoms with Gasteiger partial charge >= 0.3 is 0 Å². The van der Waals surface area contributed by atoms with Gasteiger partial charge in [-0.05, 0) is 42.0 Å². The van der Waals surface area contributed by atoms with Gasteiger partial charge in [-0.25, -0.2) is 4.39 Å². The molecular formula is C15H10Br2FN. The minimum absolute atomic E-state index is 0.220. The fraction of sp³-hybridized carbons (Fsp3) is 0.0667. The smallest absolute Gasteiger partial charge is 0.124 e. The molecule has 3 rings (SSSR count). The number of aromatic nitrogens is 1. The van der Waals surface area contributed by atoms with Crippen molar-refractivity contribution < 1.29 is 4.39 Å². The van der Waals surface area contributed by atoms with Crippen molar-refractivity contribution in [3.63, 3.8) is 0 Å². The van der Waals surface area contributed by atoms with Crippen molar-refractivity contribution >= 4 is 42.8 Å². The molecule has 2 aromatic carbocycles. The van der Waals surface area contributed by atoms with Crippen LogP contribution in [0.15, 0.2) is 57.6 Å². The molecule has 0 aliphatic carbocycles. The van der Waals surface area contributed by atoms with E-state index in [0.29, 0.717) is 6.54 Å². The van der Waals surface area contributed by atoms with Crippen molar-refractivity contribution in [2.45, 2.75) is 6.54 Å². The number of rotatable bonds is 2. The maximum Gasteiger partial charge on any atom is 0.124 e. The molecule has 0 aliphatic heterocycles. The Morgan fingerprint density at radius 1 is 1.05 bits per heavy atom. The summed E-state index contributed by atoms with van der Waals surface area (Å²) in [6.45, 7) is 0.649. The van der Waals surface area contributed by atoms with E-state index in [4.69, 9.17) is 0 Å². The van der Waals surface area contributed by atoms with Crippen LogP contribution in [0.25, 0.3) is 10.9 Å². The molecule has 0 radical (unpaired) electrons. The molecule has 0 saturated heterocycles. The second-order valence-corrected chi connectivity index (χ2v) is 6.16. The molecule has 0 unspecified atom stereocenters. The first-order chi connectivity index (χ1) is 9.13. The molecule has 0 bridgehead atoms. The molecule has 0 fully saturated rings.